The summed E-state index contributed by atoms with van der Waals surface area (Å²) in [5, 5.41) is 27.7. The molecule has 0 aromatic carbocycles. The minimum Gasteiger partial charge on any atom is -0.384 e. The van der Waals surface area contributed by atoms with E-state index in [0.717, 1.165) is 0 Å². The quantitative estimate of drug-likeness (QED) is 0.403. The molecule has 12 heavy (non-hydrogen) atoms. The van der Waals surface area contributed by atoms with Crippen molar-refractivity contribution in [1.82, 2.24) is 0 Å². The molecule has 2 rings (SSSR count). The molecule has 3 atom stereocenters. The van der Waals surface area contributed by atoms with Crippen LogP contribution < -0.4 is 0 Å². The van der Waals surface area contributed by atoms with Crippen LogP contribution in [0.15, 0.2) is 0 Å². The Balaban J connectivity index is 2.28. The summed E-state index contributed by atoms with van der Waals surface area (Å²) in [5.74, 6) is -3.85. The van der Waals surface area contributed by atoms with Crippen molar-refractivity contribution < 1.29 is 24.8 Å². The number of aliphatic hydroxyl groups is 3. The number of ether oxygens (including phenoxy) is 2. The average Bonchev–Trinajstić information content (AvgIpc) is 2.33. The Morgan fingerprint density at radius 3 is 2.67 bits per heavy atom. The molecule has 0 amide bonds. The highest BCUT2D eigenvalue weighted by atomic mass is 16.8. The van der Waals surface area contributed by atoms with Crippen LogP contribution in [-0.2, 0) is 9.47 Å². The predicted octanol–water partition coefficient (Wildman–Crippen LogP) is -1.23. The van der Waals surface area contributed by atoms with Crippen LogP contribution in [0.5, 0.6) is 0 Å². The summed E-state index contributed by atoms with van der Waals surface area (Å²) in [5.41, 5.74) is 0. The fraction of sp³-hybridized carbons (Fsp3) is 1.00. The van der Waals surface area contributed by atoms with Crippen LogP contribution in [0.1, 0.15) is 13.3 Å². The number of hydrogen-bond acceptors (Lipinski definition) is 5. The Bertz CT molecular complexity index is 204. The lowest BCUT2D eigenvalue weighted by Gasteiger charge is -2.23. The molecule has 0 spiro atoms. The third-order valence-corrected chi connectivity index (χ3v) is 2.61. The lowest BCUT2D eigenvalue weighted by molar-refractivity contribution is -0.394. The highest BCUT2D eigenvalue weighted by Crippen LogP contribution is 2.46. The van der Waals surface area contributed by atoms with Crippen LogP contribution in [0.2, 0.25) is 0 Å². The highest BCUT2D eigenvalue weighted by molar-refractivity contribution is 4.96. The first-order valence-corrected chi connectivity index (χ1v) is 3.93. The Labute approximate surface area is 69.5 Å². The van der Waals surface area contributed by atoms with E-state index in [1.165, 1.54) is 0 Å². The maximum atomic E-state index is 9.39. The van der Waals surface area contributed by atoms with Gasteiger partial charge >= 0.3 is 5.97 Å². The van der Waals surface area contributed by atoms with Crippen molar-refractivity contribution in [3.8, 4) is 0 Å². The minimum atomic E-state index is -2.46. The second kappa shape index (κ2) is 2.18. The molecule has 0 aromatic heterocycles. The van der Waals surface area contributed by atoms with Crippen LogP contribution in [0.4, 0.5) is 0 Å². The zero-order valence-electron chi connectivity index (χ0n) is 6.73. The lowest BCUT2D eigenvalue weighted by Crippen LogP contribution is -2.41. The fourth-order valence-electron chi connectivity index (χ4n) is 1.93. The topological polar surface area (TPSA) is 79.2 Å². The van der Waals surface area contributed by atoms with E-state index in [9.17, 15) is 5.11 Å². The van der Waals surface area contributed by atoms with Gasteiger partial charge in [-0.25, -0.2) is 0 Å². The van der Waals surface area contributed by atoms with Gasteiger partial charge in [-0.2, -0.15) is 0 Å². The smallest absolute Gasteiger partial charge is 0.308 e. The Morgan fingerprint density at radius 1 is 1.42 bits per heavy atom. The van der Waals surface area contributed by atoms with E-state index in [4.69, 9.17) is 19.7 Å². The second-order valence-corrected chi connectivity index (χ2v) is 3.47. The van der Waals surface area contributed by atoms with Gasteiger partial charge in [0.25, 0.3) is 0 Å². The highest BCUT2D eigenvalue weighted by Gasteiger charge is 2.62. The van der Waals surface area contributed by atoms with Crippen molar-refractivity contribution in [3.63, 3.8) is 0 Å². The summed E-state index contributed by atoms with van der Waals surface area (Å²) in [6.07, 6.45) is -0.703. The third-order valence-electron chi connectivity index (χ3n) is 2.61. The normalized spacial score (nSPS) is 51.0. The Kier molecular flexibility index (Phi) is 1.53. The van der Waals surface area contributed by atoms with E-state index < -0.39 is 17.9 Å². The van der Waals surface area contributed by atoms with Gasteiger partial charge in [-0.3, -0.25) is 4.74 Å². The van der Waals surface area contributed by atoms with Gasteiger partial charge in [0.15, 0.2) is 5.79 Å². The Hall–Kier alpha value is -0.200. The van der Waals surface area contributed by atoms with Crippen molar-refractivity contribution in [2.75, 3.05) is 6.61 Å². The van der Waals surface area contributed by atoms with Crippen LogP contribution in [0, 0.1) is 5.92 Å². The van der Waals surface area contributed by atoms with Crippen molar-refractivity contribution in [2.45, 2.75) is 31.2 Å². The largest absolute Gasteiger partial charge is 0.384 e. The standard InChI is InChI=1S/C7H12O5/c1-6-4(2-3-11-6)5(8)7(9,10)12-6/h4-5,8-10H,2-3H2,1H3. The molecule has 3 N–H and O–H groups in total. The maximum absolute atomic E-state index is 9.39. The van der Waals surface area contributed by atoms with Crippen LogP contribution in [0.25, 0.3) is 0 Å². The molecule has 2 saturated heterocycles. The first-order valence-electron chi connectivity index (χ1n) is 3.93. The van der Waals surface area contributed by atoms with Crippen molar-refractivity contribution in [3.05, 3.63) is 0 Å². The van der Waals surface area contributed by atoms with Crippen LogP contribution >= 0.6 is 0 Å². The molecule has 70 valence electrons. The monoisotopic (exact) mass is 176 g/mol. The van der Waals surface area contributed by atoms with Crippen LogP contribution in [0.3, 0.4) is 0 Å². The molecule has 0 saturated carbocycles. The molecular weight excluding hydrogens is 164 g/mol. The van der Waals surface area contributed by atoms with Gasteiger partial charge in [-0.1, -0.05) is 0 Å². The fourth-order valence-corrected chi connectivity index (χ4v) is 1.93. The second-order valence-electron chi connectivity index (χ2n) is 3.47. The lowest BCUT2D eigenvalue weighted by atomic mass is 9.95. The summed E-state index contributed by atoms with van der Waals surface area (Å²) < 4.78 is 9.98. The summed E-state index contributed by atoms with van der Waals surface area (Å²) >= 11 is 0. The summed E-state index contributed by atoms with van der Waals surface area (Å²) in [7, 11) is 0. The van der Waals surface area contributed by atoms with E-state index in [0.29, 0.717) is 13.0 Å². The summed E-state index contributed by atoms with van der Waals surface area (Å²) in [6.45, 7) is 2.08. The number of hydrogen-bond donors (Lipinski definition) is 3. The first-order chi connectivity index (χ1) is 5.46. The van der Waals surface area contributed by atoms with Gasteiger partial charge in [0.2, 0.25) is 0 Å². The van der Waals surface area contributed by atoms with E-state index in [1.807, 2.05) is 0 Å². The van der Waals surface area contributed by atoms with E-state index in [-0.39, 0.29) is 5.92 Å². The van der Waals surface area contributed by atoms with Gasteiger partial charge in [0.1, 0.15) is 6.10 Å². The molecule has 0 aliphatic carbocycles. The van der Waals surface area contributed by atoms with Gasteiger partial charge < -0.3 is 20.1 Å². The average molecular weight is 176 g/mol. The molecular formula is C7H12O5. The van der Waals surface area contributed by atoms with Crippen LogP contribution in [-0.4, -0.2) is 39.8 Å². The molecule has 2 heterocycles. The van der Waals surface area contributed by atoms with E-state index >= 15 is 0 Å². The predicted molar refractivity (Wildman–Crippen MR) is 36.7 cm³/mol. The zero-order chi connectivity index (χ0) is 8.98. The van der Waals surface area contributed by atoms with E-state index in [1.54, 1.807) is 6.92 Å². The molecule has 2 aliphatic rings. The first kappa shape index (κ1) is 8.40. The maximum Gasteiger partial charge on any atom is 0.308 e. The van der Waals surface area contributed by atoms with Gasteiger partial charge in [0, 0.05) is 5.92 Å². The zero-order valence-corrected chi connectivity index (χ0v) is 6.73. The third kappa shape index (κ3) is 0.915. The molecule has 3 unspecified atom stereocenters. The summed E-state index contributed by atoms with van der Waals surface area (Å²) in [4.78, 5) is 0. The molecule has 0 radical (unpaired) electrons. The minimum absolute atomic E-state index is 0.354. The number of fused-ring (bicyclic) bond motifs is 1. The summed E-state index contributed by atoms with van der Waals surface area (Å²) in [6, 6.07) is 0. The van der Waals surface area contributed by atoms with Gasteiger partial charge in [-0.05, 0) is 13.3 Å². The van der Waals surface area contributed by atoms with E-state index in [2.05, 4.69) is 0 Å². The molecule has 2 aliphatic heterocycles. The Morgan fingerprint density at radius 2 is 2.08 bits per heavy atom. The SMILES string of the molecule is CC12OCCC1C(O)C(O)(O)O2. The van der Waals surface area contributed by atoms with Crippen molar-refractivity contribution in [1.29, 1.82) is 0 Å². The van der Waals surface area contributed by atoms with Gasteiger partial charge in [0.05, 0.1) is 6.61 Å². The molecule has 2 fully saturated rings. The molecule has 5 heteroatoms. The number of rotatable bonds is 0. The molecule has 5 nitrogen and oxygen atoms in total. The van der Waals surface area contributed by atoms with Gasteiger partial charge in [-0.15, -0.1) is 0 Å². The van der Waals surface area contributed by atoms with Crippen molar-refractivity contribution in [2.24, 2.45) is 5.92 Å². The molecule has 0 bridgehead atoms. The van der Waals surface area contributed by atoms with Crippen molar-refractivity contribution >= 4 is 0 Å². The number of aliphatic hydroxyl groups excluding tert-OH is 1. The molecule has 0 aromatic rings.